The quantitative estimate of drug-likeness (QED) is 0.829. The highest BCUT2D eigenvalue weighted by Gasteiger charge is 2.15. The zero-order valence-electron chi connectivity index (χ0n) is 10.7. The number of hydrogen-bond donors (Lipinski definition) is 0. The van der Waals surface area contributed by atoms with Crippen LogP contribution >= 0.6 is 11.6 Å². The van der Waals surface area contributed by atoms with Gasteiger partial charge in [0, 0.05) is 12.6 Å². The molecular formula is C14H14ClN3. The minimum Gasteiger partial charge on any atom is -0.329 e. The average molecular weight is 260 g/mol. The van der Waals surface area contributed by atoms with Crippen molar-refractivity contribution < 1.29 is 0 Å². The van der Waals surface area contributed by atoms with Gasteiger partial charge in [-0.2, -0.15) is 5.26 Å². The van der Waals surface area contributed by atoms with Crippen molar-refractivity contribution in [1.29, 1.82) is 5.26 Å². The first kappa shape index (κ1) is 12.7. The molecule has 1 aromatic carbocycles. The van der Waals surface area contributed by atoms with Crippen molar-refractivity contribution in [3.63, 3.8) is 0 Å². The Balaban J connectivity index is 2.58. The Kier molecular flexibility index (Phi) is 3.40. The van der Waals surface area contributed by atoms with Crippen LogP contribution < -0.4 is 0 Å². The van der Waals surface area contributed by atoms with E-state index in [1.54, 1.807) is 0 Å². The summed E-state index contributed by atoms with van der Waals surface area (Å²) >= 11 is 6.08. The Labute approximate surface area is 112 Å². The second-order valence-electron chi connectivity index (χ2n) is 4.39. The predicted molar refractivity (Wildman–Crippen MR) is 72.4 cm³/mol. The van der Waals surface area contributed by atoms with Gasteiger partial charge in [-0.3, -0.25) is 0 Å². The number of imidazole rings is 1. The third-order valence-electron chi connectivity index (χ3n) is 3.03. The molecule has 0 amide bonds. The first-order valence-electron chi connectivity index (χ1n) is 5.70. The first-order chi connectivity index (χ1) is 8.54. The van der Waals surface area contributed by atoms with Gasteiger partial charge in [0.2, 0.25) is 0 Å². The Morgan fingerprint density at radius 3 is 2.72 bits per heavy atom. The van der Waals surface area contributed by atoms with E-state index in [1.165, 1.54) is 5.56 Å². The van der Waals surface area contributed by atoms with Gasteiger partial charge in [-0.15, -0.1) is 0 Å². The van der Waals surface area contributed by atoms with E-state index < -0.39 is 0 Å². The summed E-state index contributed by atoms with van der Waals surface area (Å²) < 4.78 is 1.89. The lowest BCUT2D eigenvalue weighted by Crippen LogP contribution is -1.99. The third-order valence-corrected chi connectivity index (χ3v) is 3.34. The van der Waals surface area contributed by atoms with Crippen molar-refractivity contribution in [2.75, 3.05) is 0 Å². The van der Waals surface area contributed by atoms with E-state index in [0.717, 1.165) is 22.6 Å². The number of nitrogens with zero attached hydrogens (tertiary/aromatic N) is 3. The Hall–Kier alpha value is -1.79. The molecule has 2 rings (SSSR count). The van der Waals surface area contributed by atoms with E-state index in [9.17, 15) is 0 Å². The Bertz CT molecular complexity index is 635. The van der Waals surface area contributed by atoms with Crippen LogP contribution in [0.1, 0.15) is 16.8 Å². The summed E-state index contributed by atoms with van der Waals surface area (Å²) in [5.74, 6) is 0.808. The number of nitriles is 1. The van der Waals surface area contributed by atoms with E-state index >= 15 is 0 Å². The minimum atomic E-state index is 0.271. The standard InChI is InChI=1S/C14H14ClN3/c1-9-4-5-11(10(2)8-9)14-17-13(15)12(6-7-16)18(14)3/h4-5,8H,6H2,1-3H3. The number of halogens is 1. The highest BCUT2D eigenvalue weighted by molar-refractivity contribution is 6.30. The number of aryl methyl sites for hydroxylation is 2. The van der Waals surface area contributed by atoms with E-state index in [-0.39, 0.29) is 6.42 Å². The topological polar surface area (TPSA) is 41.6 Å². The lowest BCUT2D eigenvalue weighted by atomic mass is 10.1. The van der Waals surface area contributed by atoms with Crippen LogP contribution in [0.15, 0.2) is 18.2 Å². The molecule has 4 heteroatoms. The second-order valence-corrected chi connectivity index (χ2v) is 4.74. The molecular weight excluding hydrogens is 246 g/mol. The van der Waals surface area contributed by atoms with Crippen molar-refractivity contribution in [3.8, 4) is 17.5 Å². The maximum Gasteiger partial charge on any atom is 0.152 e. The molecule has 0 aliphatic heterocycles. The van der Waals surface area contributed by atoms with Crippen LogP contribution in [-0.4, -0.2) is 9.55 Å². The highest BCUT2D eigenvalue weighted by Crippen LogP contribution is 2.27. The summed E-state index contributed by atoms with van der Waals surface area (Å²) in [4.78, 5) is 4.37. The van der Waals surface area contributed by atoms with Gasteiger partial charge >= 0.3 is 0 Å². The van der Waals surface area contributed by atoms with Crippen molar-refractivity contribution >= 4 is 11.6 Å². The number of benzene rings is 1. The molecule has 0 aliphatic rings. The largest absolute Gasteiger partial charge is 0.329 e. The van der Waals surface area contributed by atoms with Crippen LogP contribution in [0.4, 0.5) is 0 Å². The lowest BCUT2D eigenvalue weighted by molar-refractivity contribution is 0.863. The third kappa shape index (κ3) is 2.12. The second kappa shape index (κ2) is 4.83. The zero-order valence-corrected chi connectivity index (χ0v) is 11.4. The molecule has 1 aromatic heterocycles. The molecule has 0 aliphatic carbocycles. The molecule has 0 saturated heterocycles. The number of rotatable bonds is 2. The van der Waals surface area contributed by atoms with Crippen molar-refractivity contribution in [3.05, 3.63) is 40.2 Å². The molecule has 0 fully saturated rings. The molecule has 0 spiro atoms. The number of hydrogen-bond acceptors (Lipinski definition) is 2. The Morgan fingerprint density at radius 2 is 2.11 bits per heavy atom. The summed E-state index contributed by atoms with van der Waals surface area (Å²) in [5, 5.41) is 9.20. The molecule has 0 bridgehead atoms. The summed E-state index contributed by atoms with van der Waals surface area (Å²) in [6, 6.07) is 8.31. The van der Waals surface area contributed by atoms with Gasteiger partial charge in [0.25, 0.3) is 0 Å². The van der Waals surface area contributed by atoms with Crippen LogP contribution in [-0.2, 0) is 13.5 Å². The molecule has 3 nitrogen and oxygen atoms in total. The minimum absolute atomic E-state index is 0.271. The van der Waals surface area contributed by atoms with Crippen molar-refractivity contribution in [2.24, 2.45) is 7.05 Å². The van der Waals surface area contributed by atoms with Crippen LogP contribution in [0.2, 0.25) is 5.15 Å². The van der Waals surface area contributed by atoms with Crippen molar-refractivity contribution in [2.45, 2.75) is 20.3 Å². The average Bonchev–Trinajstić information content (AvgIpc) is 2.58. The lowest BCUT2D eigenvalue weighted by Gasteiger charge is -2.07. The van der Waals surface area contributed by atoms with Gasteiger partial charge < -0.3 is 4.57 Å². The summed E-state index contributed by atoms with van der Waals surface area (Å²) in [5.41, 5.74) is 4.18. The SMILES string of the molecule is Cc1ccc(-c2nc(Cl)c(CC#N)n2C)c(C)c1. The molecule has 92 valence electrons. The molecule has 0 unspecified atom stereocenters. The fraction of sp³-hybridized carbons (Fsp3) is 0.286. The van der Waals surface area contributed by atoms with E-state index in [2.05, 4.69) is 37.0 Å². The van der Waals surface area contributed by atoms with Gasteiger partial charge in [-0.25, -0.2) is 4.98 Å². The van der Waals surface area contributed by atoms with Gasteiger partial charge in [-0.1, -0.05) is 35.4 Å². The van der Waals surface area contributed by atoms with Crippen LogP contribution in [0.25, 0.3) is 11.4 Å². The molecule has 2 aromatic rings. The molecule has 0 N–H and O–H groups in total. The fourth-order valence-corrected chi connectivity index (χ4v) is 2.34. The van der Waals surface area contributed by atoms with E-state index in [4.69, 9.17) is 16.9 Å². The van der Waals surface area contributed by atoms with Crippen LogP contribution in [0.3, 0.4) is 0 Å². The monoisotopic (exact) mass is 259 g/mol. The highest BCUT2D eigenvalue weighted by atomic mass is 35.5. The normalized spacial score (nSPS) is 10.4. The molecule has 1 heterocycles. The number of aromatic nitrogens is 2. The van der Waals surface area contributed by atoms with Crippen LogP contribution in [0, 0.1) is 25.2 Å². The maximum absolute atomic E-state index is 8.79. The maximum atomic E-state index is 8.79. The van der Waals surface area contributed by atoms with Crippen LogP contribution in [0.5, 0.6) is 0 Å². The van der Waals surface area contributed by atoms with Gasteiger partial charge in [-0.05, 0) is 19.4 Å². The van der Waals surface area contributed by atoms with Gasteiger partial charge in [0.1, 0.15) is 5.82 Å². The zero-order chi connectivity index (χ0) is 13.3. The smallest absolute Gasteiger partial charge is 0.152 e. The predicted octanol–water partition coefficient (Wildman–Crippen LogP) is 3.42. The molecule has 0 saturated carbocycles. The molecule has 0 radical (unpaired) electrons. The summed E-state index contributed by atoms with van der Waals surface area (Å²) in [6.07, 6.45) is 0.271. The Morgan fingerprint density at radius 1 is 1.39 bits per heavy atom. The van der Waals surface area contributed by atoms with E-state index in [1.807, 2.05) is 17.7 Å². The molecule has 18 heavy (non-hydrogen) atoms. The first-order valence-corrected chi connectivity index (χ1v) is 6.08. The summed E-state index contributed by atoms with van der Waals surface area (Å²) in [6.45, 7) is 4.11. The fourth-order valence-electron chi connectivity index (χ4n) is 2.07. The molecule has 0 atom stereocenters. The van der Waals surface area contributed by atoms with Gasteiger partial charge in [0.15, 0.2) is 5.15 Å². The summed E-state index contributed by atoms with van der Waals surface area (Å²) in [7, 11) is 1.89. The van der Waals surface area contributed by atoms with Crippen molar-refractivity contribution in [1.82, 2.24) is 9.55 Å². The van der Waals surface area contributed by atoms with E-state index in [0.29, 0.717) is 5.15 Å². The van der Waals surface area contributed by atoms with Gasteiger partial charge in [0.05, 0.1) is 18.2 Å².